The van der Waals surface area contributed by atoms with E-state index < -0.39 is 0 Å². The molecule has 1 N–H and O–H groups in total. The summed E-state index contributed by atoms with van der Waals surface area (Å²) in [5, 5.41) is 3.79. The molecular formula is C21H30N2O4. The Morgan fingerprint density at radius 1 is 1.22 bits per heavy atom. The molecule has 0 radical (unpaired) electrons. The summed E-state index contributed by atoms with van der Waals surface area (Å²) < 4.78 is 16.6. The number of nitrogens with zero attached hydrogens (tertiary/aromatic N) is 1. The van der Waals surface area contributed by atoms with Gasteiger partial charge in [0.1, 0.15) is 0 Å². The van der Waals surface area contributed by atoms with Crippen molar-refractivity contribution in [2.75, 3.05) is 27.4 Å². The lowest BCUT2D eigenvalue weighted by Gasteiger charge is -2.46. The minimum Gasteiger partial charge on any atom is -0.493 e. The number of amides is 1. The van der Waals surface area contributed by atoms with Gasteiger partial charge in [-0.05, 0) is 31.4 Å². The Labute approximate surface area is 161 Å². The molecule has 0 spiro atoms. The molecule has 0 unspecified atom stereocenters. The minimum atomic E-state index is 0.000694. The predicted octanol–water partition coefficient (Wildman–Crippen LogP) is 2.60. The van der Waals surface area contributed by atoms with Crippen LogP contribution in [0.4, 0.5) is 0 Å². The van der Waals surface area contributed by atoms with Crippen LogP contribution in [0.3, 0.4) is 0 Å². The van der Waals surface area contributed by atoms with Crippen LogP contribution in [0.15, 0.2) is 18.2 Å². The highest BCUT2D eigenvalue weighted by Crippen LogP contribution is 2.49. The molecule has 1 saturated carbocycles. The molecule has 1 aromatic carbocycles. The smallest absolute Gasteiger partial charge is 0.260 e. The van der Waals surface area contributed by atoms with Gasteiger partial charge in [-0.25, -0.2) is 0 Å². The molecule has 6 nitrogen and oxygen atoms in total. The number of rotatable bonds is 5. The maximum atomic E-state index is 13.1. The zero-order valence-electron chi connectivity index (χ0n) is 16.5. The van der Waals surface area contributed by atoms with Crippen LogP contribution in [-0.2, 0) is 4.79 Å². The monoisotopic (exact) mass is 374 g/mol. The van der Waals surface area contributed by atoms with Gasteiger partial charge in [0.25, 0.3) is 5.91 Å². The first-order valence-corrected chi connectivity index (χ1v) is 9.96. The van der Waals surface area contributed by atoms with Gasteiger partial charge in [-0.3, -0.25) is 4.79 Å². The second kappa shape index (κ2) is 7.23. The van der Waals surface area contributed by atoms with Gasteiger partial charge in [-0.15, -0.1) is 0 Å². The van der Waals surface area contributed by atoms with Gasteiger partial charge in [0, 0.05) is 30.1 Å². The number of nitrogens with one attached hydrogen (secondary N) is 1. The van der Waals surface area contributed by atoms with E-state index in [4.69, 9.17) is 14.2 Å². The molecule has 0 aromatic heterocycles. The number of likely N-dealkylation sites (tertiary alicyclic amines) is 1. The number of fused-ring (bicyclic) bond motifs is 1. The fraction of sp³-hybridized carbons (Fsp3) is 0.667. The molecule has 27 heavy (non-hydrogen) atoms. The third-order valence-electron chi connectivity index (χ3n) is 6.74. The van der Waals surface area contributed by atoms with Gasteiger partial charge in [-0.1, -0.05) is 25.8 Å². The molecule has 6 heteroatoms. The molecule has 4 atom stereocenters. The summed E-state index contributed by atoms with van der Waals surface area (Å²) in [6, 6.07) is 6.69. The van der Waals surface area contributed by atoms with Crippen LogP contribution in [0.5, 0.6) is 17.2 Å². The topological polar surface area (TPSA) is 60.0 Å². The van der Waals surface area contributed by atoms with Gasteiger partial charge >= 0.3 is 0 Å². The zero-order chi connectivity index (χ0) is 19.0. The van der Waals surface area contributed by atoms with E-state index in [1.165, 1.54) is 25.7 Å². The summed E-state index contributed by atoms with van der Waals surface area (Å²) in [6.45, 7) is 3.15. The second-order valence-electron chi connectivity index (χ2n) is 8.25. The number of carbonyl (C=O) groups is 1. The van der Waals surface area contributed by atoms with E-state index in [0.29, 0.717) is 35.4 Å². The molecule has 2 heterocycles. The molecule has 1 amide bonds. The molecule has 4 rings (SSSR count). The Hall–Kier alpha value is -1.95. The van der Waals surface area contributed by atoms with E-state index in [9.17, 15) is 4.79 Å². The first-order valence-electron chi connectivity index (χ1n) is 9.96. The summed E-state index contributed by atoms with van der Waals surface area (Å²) in [5.74, 6) is 1.68. The van der Waals surface area contributed by atoms with Crippen molar-refractivity contribution in [2.24, 2.45) is 5.41 Å². The first kappa shape index (κ1) is 18.4. The third kappa shape index (κ3) is 3.14. The highest BCUT2D eigenvalue weighted by Gasteiger charge is 2.55. The maximum Gasteiger partial charge on any atom is 0.260 e. The lowest BCUT2D eigenvalue weighted by atomic mass is 9.71. The zero-order valence-corrected chi connectivity index (χ0v) is 16.5. The lowest BCUT2D eigenvalue weighted by molar-refractivity contribution is -0.140. The van der Waals surface area contributed by atoms with Crippen molar-refractivity contribution in [2.45, 2.75) is 57.2 Å². The van der Waals surface area contributed by atoms with Crippen LogP contribution in [0.1, 0.15) is 39.0 Å². The maximum absolute atomic E-state index is 13.1. The van der Waals surface area contributed by atoms with Gasteiger partial charge in [-0.2, -0.15) is 0 Å². The van der Waals surface area contributed by atoms with Crippen molar-refractivity contribution in [3.63, 3.8) is 0 Å². The van der Waals surface area contributed by atoms with Crippen LogP contribution in [0.25, 0.3) is 0 Å². The van der Waals surface area contributed by atoms with E-state index in [1.807, 2.05) is 18.2 Å². The molecule has 148 valence electrons. The number of benzene rings is 1. The predicted molar refractivity (Wildman–Crippen MR) is 102 cm³/mol. The van der Waals surface area contributed by atoms with Crippen molar-refractivity contribution in [3.05, 3.63) is 18.2 Å². The average Bonchev–Trinajstić information content (AvgIpc) is 2.84. The number of piperidine rings is 1. The number of hydrogen-bond donors (Lipinski definition) is 1. The summed E-state index contributed by atoms with van der Waals surface area (Å²) in [6.07, 6.45) is 5.92. The molecule has 2 bridgehead atoms. The standard InChI is InChI=1S/C21H30N2O4/c1-21-11-14-12-23(18(21)10-5-4-9-17(21)22-14)19(24)13-27-20-15(25-2)7-6-8-16(20)26-3/h6-8,14,17-18,22H,4-5,9-13H2,1-3H3/t14-,17-,18+,21-/m0/s1. The number of methoxy groups -OCH3 is 2. The Morgan fingerprint density at radius 2 is 1.93 bits per heavy atom. The van der Waals surface area contributed by atoms with Crippen molar-refractivity contribution in [3.8, 4) is 17.2 Å². The fourth-order valence-corrected chi connectivity index (χ4v) is 5.45. The summed E-state index contributed by atoms with van der Waals surface area (Å²) in [5.41, 5.74) is 0.178. The molecule has 3 fully saturated rings. The van der Waals surface area contributed by atoms with Crippen molar-refractivity contribution in [1.82, 2.24) is 10.2 Å². The molecule has 2 aliphatic heterocycles. The number of hydrogen-bond acceptors (Lipinski definition) is 5. The average molecular weight is 374 g/mol. The molecule has 2 saturated heterocycles. The third-order valence-corrected chi connectivity index (χ3v) is 6.74. The van der Waals surface area contributed by atoms with Gasteiger partial charge in [0.15, 0.2) is 18.1 Å². The number of para-hydroxylation sites is 1. The SMILES string of the molecule is COc1cccc(OC)c1OCC(=O)N1C[C@@H]2C[C@@]3(C)[C@H](CCCC[C@@H]13)N2. The van der Waals surface area contributed by atoms with Crippen LogP contribution in [-0.4, -0.2) is 56.3 Å². The Kier molecular flexibility index (Phi) is 4.93. The Bertz CT molecular complexity index is 687. The first-order chi connectivity index (χ1) is 13.1. The van der Waals surface area contributed by atoms with Crippen molar-refractivity contribution < 1.29 is 19.0 Å². The second-order valence-corrected chi connectivity index (χ2v) is 8.25. The summed E-state index contributed by atoms with van der Waals surface area (Å²) >= 11 is 0. The lowest BCUT2D eigenvalue weighted by Crippen LogP contribution is -2.56. The van der Waals surface area contributed by atoms with E-state index in [1.54, 1.807) is 14.2 Å². The molecule has 1 aromatic rings. The van der Waals surface area contributed by atoms with E-state index in [-0.39, 0.29) is 17.9 Å². The fourth-order valence-electron chi connectivity index (χ4n) is 5.45. The van der Waals surface area contributed by atoms with E-state index in [0.717, 1.165) is 13.0 Å². The highest BCUT2D eigenvalue weighted by molar-refractivity contribution is 5.79. The highest BCUT2D eigenvalue weighted by atomic mass is 16.5. The normalized spacial score (nSPS) is 32.0. The molecular weight excluding hydrogens is 344 g/mol. The molecule has 1 aliphatic carbocycles. The number of ether oxygens (including phenoxy) is 3. The molecule has 3 aliphatic rings. The number of carbonyl (C=O) groups excluding carboxylic acids is 1. The van der Waals surface area contributed by atoms with Crippen molar-refractivity contribution in [1.29, 1.82) is 0 Å². The quantitative estimate of drug-likeness (QED) is 0.859. The van der Waals surface area contributed by atoms with Crippen LogP contribution in [0.2, 0.25) is 0 Å². The minimum absolute atomic E-state index is 0.000694. The van der Waals surface area contributed by atoms with Crippen LogP contribution in [0, 0.1) is 5.41 Å². The summed E-state index contributed by atoms with van der Waals surface area (Å²) in [7, 11) is 3.17. The van der Waals surface area contributed by atoms with Crippen LogP contribution >= 0.6 is 0 Å². The van der Waals surface area contributed by atoms with Gasteiger partial charge in [0.05, 0.1) is 14.2 Å². The van der Waals surface area contributed by atoms with Gasteiger partial charge < -0.3 is 24.4 Å². The Morgan fingerprint density at radius 3 is 2.63 bits per heavy atom. The van der Waals surface area contributed by atoms with E-state index >= 15 is 0 Å². The Balaban J connectivity index is 1.51. The largest absolute Gasteiger partial charge is 0.493 e. The van der Waals surface area contributed by atoms with Crippen molar-refractivity contribution >= 4 is 5.91 Å². The van der Waals surface area contributed by atoms with Gasteiger partial charge in [0.2, 0.25) is 5.75 Å². The summed E-state index contributed by atoms with van der Waals surface area (Å²) in [4.78, 5) is 15.2. The van der Waals surface area contributed by atoms with Crippen LogP contribution < -0.4 is 19.5 Å². The van der Waals surface area contributed by atoms with E-state index in [2.05, 4.69) is 17.1 Å².